The number of carboxylic acid groups (broad SMARTS) is 1. The Bertz CT molecular complexity index is 730. The van der Waals surface area contributed by atoms with E-state index >= 15 is 0 Å². The predicted molar refractivity (Wildman–Crippen MR) is 84.6 cm³/mol. The maximum atomic E-state index is 11.4. The second kappa shape index (κ2) is 6.97. The Kier molecular flexibility index (Phi) is 5.38. The molecule has 1 saturated heterocycles. The molecule has 1 aromatic carbocycles. The van der Waals surface area contributed by atoms with Crippen molar-refractivity contribution in [2.45, 2.75) is 18.8 Å². The van der Waals surface area contributed by atoms with Crippen molar-refractivity contribution in [3.63, 3.8) is 0 Å². The molecule has 0 spiro atoms. The maximum Gasteiger partial charge on any atom is 0.451 e. The van der Waals surface area contributed by atoms with Crippen molar-refractivity contribution in [3.05, 3.63) is 23.3 Å². The van der Waals surface area contributed by atoms with Crippen LogP contribution in [0.15, 0.2) is 12.1 Å². The molecule has 24 heavy (non-hydrogen) atoms. The maximum absolute atomic E-state index is 11.4. The number of sulfonamides is 1. The molecule has 1 aromatic rings. The van der Waals surface area contributed by atoms with Crippen LogP contribution in [-0.4, -0.2) is 71.5 Å². The fourth-order valence-corrected chi connectivity index (χ4v) is 3.21. The molecule has 9 nitrogen and oxygen atoms in total. The number of aromatic hydroxyl groups is 1. The van der Waals surface area contributed by atoms with Gasteiger partial charge in [-0.3, -0.25) is 0 Å². The summed E-state index contributed by atoms with van der Waals surface area (Å²) in [6, 6.07) is 2.80. The SMILES string of the molecule is CS(=O)(=O)N1CC(Oc2ccc(CCB(O)O)c(O)c2C(=O)O)C1. The second-order valence-corrected chi connectivity index (χ2v) is 7.57. The van der Waals surface area contributed by atoms with Crippen LogP contribution in [0.1, 0.15) is 15.9 Å². The van der Waals surface area contributed by atoms with Crippen molar-refractivity contribution in [1.82, 2.24) is 4.31 Å². The van der Waals surface area contributed by atoms with E-state index in [1.54, 1.807) is 0 Å². The van der Waals surface area contributed by atoms with E-state index in [-0.39, 0.29) is 37.1 Å². The smallest absolute Gasteiger partial charge is 0.451 e. The fourth-order valence-electron chi connectivity index (χ4n) is 2.33. The molecule has 0 aromatic heterocycles. The van der Waals surface area contributed by atoms with Crippen molar-refractivity contribution in [2.24, 2.45) is 0 Å². The number of rotatable bonds is 7. The molecule has 1 aliphatic rings. The summed E-state index contributed by atoms with van der Waals surface area (Å²) in [6.07, 6.45) is 0.596. The summed E-state index contributed by atoms with van der Waals surface area (Å²) in [6.45, 7) is 0.216. The Morgan fingerprint density at radius 1 is 1.38 bits per heavy atom. The average molecular weight is 359 g/mol. The molecule has 0 atom stereocenters. The third-order valence-corrected chi connectivity index (χ3v) is 4.92. The standard InChI is InChI=1S/C13H18BNO8S/c1-24(21,22)15-6-9(7-15)23-10-3-2-8(4-5-14(19)20)12(16)11(10)13(17)18/h2-3,9,16,19-20H,4-7H2,1H3,(H,17,18). The van der Waals surface area contributed by atoms with Crippen LogP contribution >= 0.6 is 0 Å². The van der Waals surface area contributed by atoms with Gasteiger partial charge in [0.25, 0.3) is 0 Å². The quantitative estimate of drug-likeness (QED) is 0.460. The first-order valence-corrected chi connectivity index (χ1v) is 9.00. The minimum absolute atomic E-state index is 0.0568. The van der Waals surface area contributed by atoms with Gasteiger partial charge < -0.3 is 25.0 Å². The molecular weight excluding hydrogens is 341 g/mol. The number of aryl methyl sites for hydroxylation is 1. The van der Waals surface area contributed by atoms with Crippen molar-refractivity contribution in [1.29, 1.82) is 0 Å². The largest absolute Gasteiger partial charge is 0.507 e. The van der Waals surface area contributed by atoms with Crippen LogP contribution < -0.4 is 4.74 Å². The van der Waals surface area contributed by atoms with Crippen molar-refractivity contribution >= 4 is 23.1 Å². The van der Waals surface area contributed by atoms with Gasteiger partial charge in [-0.15, -0.1) is 0 Å². The Morgan fingerprint density at radius 3 is 2.50 bits per heavy atom. The number of aromatic carboxylic acids is 1. The summed E-state index contributed by atoms with van der Waals surface area (Å²) in [5.74, 6) is -1.96. The molecule has 1 heterocycles. The molecule has 2 rings (SSSR count). The third kappa shape index (κ3) is 4.17. The number of phenols is 1. The molecule has 0 radical (unpaired) electrons. The monoisotopic (exact) mass is 359 g/mol. The zero-order chi connectivity index (χ0) is 18.1. The lowest BCUT2D eigenvalue weighted by Gasteiger charge is -2.37. The van der Waals surface area contributed by atoms with Gasteiger partial charge in [0.2, 0.25) is 10.0 Å². The van der Waals surface area contributed by atoms with Gasteiger partial charge in [0.05, 0.1) is 19.3 Å². The minimum atomic E-state index is -3.31. The normalized spacial score (nSPS) is 15.8. The van der Waals surface area contributed by atoms with Crippen LogP contribution in [-0.2, 0) is 16.4 Å². The van der Waals surface area contributed by atoms with E-state index in [9.17, 15) is 23.4 Å². The van der Waals surface area contributed by atoms with Gasteiger partial charge in [0.15, 0.2) is 0 Å². The molecule has 0 amide bonds. The van der Waals surface area contributed by atoms with E-state index < -0.39 is 40.5 Å². The summed E-state index contributed by atoms with van der Waals surface area (Å²) >= 11 is 0. The Labute approximate surface area is 139 Å². The third-order valence-electron chi connectivity index (χ3n) is 3.69. The lowest BCUT2D eigenvalue weighted by molar-refractivity contribution is 0.0633. The van der Waals surface area contributed by atoms with Crippen LogP contribution in [0.4, 0.5) is 0 Å². The predicted octanol–water partition coefficient (Wildman–Crippen LogP) is -0.872. The van der Waals surface area contributed by atoms with Crippen LogP contribution in [0.2, 0.25) is 6.32 Å². The number of benzene rings is 1. The van der Waals surface area contributed by atoms with E-state index in [0.29, 0.717) is 0 Å². The van der Waals surface area contributed by atoms with Crippen molar-refractivity contribution in [3.8, 4) is 11.5 Å². The highest BCUT2D eigenvalue weighted by molar-refractivity contribution is 7.88. The zero-order valence-corrected chi connectivity index (χ0v) is 13.7. The molecule has 11 heteroatoms. The summed E-state index contributed by atoms with van der Waals surface area (Å²) < 4.78 is 29.3. The lowest BCUT2D eigenvalue weighted by Crippen LogP contribution is -2.55. The number of hydrogen-bond donors (Lipinski definition) is 4. The minimum Gasteiger partial charge on any atom is -0.507 e. The zero-order valence-electron chi connectivity index (χ0n) is 12.9. The Morgan fingerprint density at radius 2 is 2.00 bits per heavy atom. The van der Waals surface area contributed by atoms with E-state index in [1.165, 1.54) is 16.4 Å². The summed E-state index contributed by atoms with van der Waals surface area (Å²) in [5, 5.41) is 37.1. The molecule has 4 N–H and O–H groups in total. The van der Waals surface area contributed by atoms with Crippen LogP contribution in [0.25, 0.3) is 0 Å². The van der Waals surface area contributed by atoms with Gasteiger partial charge in [-0.05, 0) is 24.4 Å². The molecule has 1 aliphatic heterocycles. The van der Waals surface area contributed by atoms with Crippen LogP contribution in [0.5, 0.6) is 11.5 Å². The highest BCUT2D eigenvalue weighted by atomic mass is 32.2. The highest BCUT2D eigenvalue weighted by Gasteiger charge is 2.35. The number of ether oxygens (including phenoxy) is 1. The van der Waals surface area contributed by atoms with Crippen LogP contribution in [0.3, 0.4) is 0 Å². The van der Waals surface area contributed by atoms with Gasteiger partial charge in [0, 0.05) is 0 Å². The first-order valence-electron chi connectivity index (χ1n) is 7.15. The van der Waals surface area contributed by atoms with Crippen LogP contribution in [0, 0.1) is 0 Å². The number of carboxylic acids is 1. The van der Waals surface area contributed by atoms with E-state index in [0.717, 1.165) is 6.26 Å². The number of nitrogens with zero attached hydrogens (tertiary/aromatic N) is 1. The Hall–Kier alpha value is -1.82. The van der Waals surface area contributed by atoms with E-state index in [4.69, 9.17) is 14.8 Å². The van der Waals surface area contributed by atoms with Gasteiger partial charge in [0.1, 0.15) is 23.2 Å². The van der Waals surface area contributed by atoms with Crippen molar-refractivity contribution in [2.75, 3.05) is 19.3 Å². The molecule has 0 unspecified atom stereocenters. The van der Waals surface area contributed by atoms with Gasteiger partial charge >= 0.3 is 13.1 Å². The Balaban J connectivity index is 2.16. The van der Waals surface area contributed by atoms with Gasteiger partial charge in [-0.1, -0.05) is 6.07 Å². The molecule has 0 bridgehead atoms. The molecule has 132 valence electrons. The van der Waals surface area contributed by atoms with Gasteiger partial charge in [-0.25, -0.2) is 13.2 Å². The molecule has 0 aliphatic carbocycles. The van der Waals surface area contributed by atoms with Gasteiger partial charge in [-0.2, -0.15) is 4.31 Å². The average Bonchev–Trinajstić information content (AvgIpc) is 2.39. The first kappa shape index (κ1) is 18.5. The van der Waals surface area contributed by atoms with E-state index in [1.807, 2.05) is 0 Å². The topological polar surface area (TPSA) is 145 Å². The number of hydrogen-bond acceptors (Lipinski definition) is 7. The summed E-state index contributed by atoms with van der Waals surface area (Å²) in [4.78, 5) is 11.4. The summed E-state index contributed by atoms with van der Waals surface area (Å²) in [5.41, 5.74) is -0.183. The van der Waals surface area contributed by atoms with E-state index in [2.05, 4.69) is 0 Å². The molecule has 1 fully saturated rings. The first-order chi connectivity index (χ1) is 11.1. The molecule has 0 saturated carbocycles. The van der Waals surface area contributed by atoms with Crippen molar-refractivity contribution < 1.29 is 38.2 Å². The number of carbonyl (C=O) groups is 1. The second-order valence-electron chi connectivity index (χ2n) is 5.59. The summed E-state index contributed by atoms with van der Waals surface area (Å²) in [7, 11) is -4.87. The fraction of sp³-hybridized carbons (Fsp3) is 0.462. The lowest BCUT2D eigenvalue weighted by atomic mass is 9.82. The molecular formula is C13H18BNO8S. The highest BCUT2D eigenvalue weighted by Crippen LogP contribution is 2.34.